The molecular formula is C19H23NO7S2. The number of aliphatic hydroxyl groups is 1. The molecule has 158 valence electrons. The lowest BCUT2D eigenvalue weighted by Crippen LogP contribution is -2.46. The largest absolute Gasteiger partial charge is 0.497 e. The quantitative estimate of drug-likeness (QED) is 0.684. The Hall–Kier alpha value is -2.14. The Morgan fingerprint density at radius 2 is 1.76 bits per heavy atom. The van der Waals surface area contributed by atoms with Crippen molar-refractivity contribution in [2.24, 2.45) is 0 Å². The first-order valence-corrected chi connectivity index (χ1v) is 12.1. The maximum atomic E-state index is 13.6. The molecule has 0 aromatic heterocycles. The van der Waals surface area contributed by atoms with Gasteiger partial charge < -0.3 is 14.6 Å². The zero-order valence-corrected chi connectivity index (χ0v) is 17.7. The Morgan fingerprint density at radius 3 is 2.31 bits per heavy atom. The molecule has 0 bridgehead atoms. The van der Waals surface area contributed by atoms with E-state index in [1.165, 1.54) is 32.4 Å². The molecule has 1 heterocycles. The molecule has 0 spiro atoms. The highest BCUT2D eigenvalue weighted by molar-refractivity contribution is 7.92. The Bertz CT molecular complexity index is 1070. The lowest BCUT2D eigenvalue weighted by Gasteiger charge is -2.30. The number of hydrogen-bond acceptors (Lipinski definition) is 7. The summed E-state index contributed by atoms with van der Waals surface area (Å²) >= 11 is 0. The second-order valence-electron chi connectivity index (χ2n) is 6.76. The molecule has 1 aliphatic rings. The number of sulfone groups is 1. The standard InChI is InChI=1S/C19H23NO7S2/c1-26-15-8-9-19(18(10-15)27-2)29(24,25)20(11-14-6-4-3-5-7-14)16-12-28(22,23)13-17(16)21/h3-10,16-17,21H,11-13H2,1-2H3/t16-,17+/m1/s1. The molecule has 0 unspecified atom stereocenters. The van der Waals surface area contributed by atoms with E-state index in [2.05, 4.69) is 0 Å². The fourth-order valence-corrected chi connectivity index (χ4v) is 7.02. The van der Waals surface area contributed by atoms with Crippen molar-refractivity contribution in [1.29, 1.82) is 0 Å². The Balaban J connectivity index is 2.10. The molecule has 10 heteroatoms. The van der Waals surface area contributed by atoms with Crippen LogP contribution in [-0.4, -0.2) is 64.1 Å². The summed E-state index contributed by atoms with van der Waals surface area (Å²) < 4.78 is 62.6. The van der Waals surface area contributed by atoms with Crippen molar-refractivity contribution in [3.8, 4) is 11.5 Å². The van der Waals surface area contributed by atoms with E-state index in [9.17, 15) is 21.9 Å². The SMILES string of the molecule is COc1ccc(S(=O)(=O)N(Cc2ccccc2)[C@@H]2CS(=O)(=O)C[C@@H]2O)c(OC)c1. The van der Waals surface area contributed by atoms with Crippen LogP contribution in [0.2, 0.25) is 0 Å². The van der Waals surface area contributed by atoms with Crippen LogP contribution in [0.3, 0.4) is 0 Å². The number of rotatable bonds is 7. The zero-order chi connectivity index (χ0) is 21.2. The van der Waals surface area contributed by atoms with Crippen molar-refractivity contribution in [1.82, 2.24) is 4.31 Å². The van der Waals surface area contributed by atoms with Crippen molar-refractivity contribution in [3.63, 3.8) is 0 Å². The van der Waals surface area contributed by atoms with Crippen LogP contribution < -0.4 is 9.47 Å². The predicted molar refractivity (Wildman–Crippen MR) is 107 cm³/mol. The molecule has 0 amide bonds. The van der Waals surface area contributed by atoms with E-state index in [-0.39, 0.29) is 17.2 Å². The fraction of sp³-hybridized carbons (Fsp3) is 0.368. The van der Waals surface area contributed by atoms with Gasteiger partial charge >= 0.3 is 0 Å². The summed E-state index contributed by atoms with van der Waals surface area (Å²) in [6, 6.07) is 12.0. The van der Waals surface area contributed by atoms with Crippen LogP contribution in [0, 0.1) is 0 Å². The highest BCUT2D eigenvalue weighted by atomic mass is 32.2. The molecule has 8 nitrogen and oxygen atoms in total. The van der Waals surface area contributed by atoms with Gasteiger partial charge in [0.1, 0.15) is 16.4 Å². The third-order valence-corrected chi connectivity index (χ3v) is 8.41. The monoisotopic (exact) mass is 441 g/mol. The number of nitrogens with zero attached hydrogens (tertiary/aromatic N) is 1. The first kappa shape index (κ1) is 21.6. The van der Waals surface area contributed by atoms with Crippen molar-refractivity contribution < 1.29 is 31.4 Å². The second kappa shape index (κ2) is 8.31. The number of sulfonamides is 1. The number of aliphatic hydroxyl groups excluding tert-OH is 1. The van der Waals surface area contributed by atoms with E-state index in [4.69, 9.17) is 9.47 Å². The van der Waals surface area contributed by atoms with Crippen LogP contribution in [0.1, 0.15) is 5.56 Å². The summed E-state index contributed by atoms with van der Waals surface area (Å²) in [7, 11) is -4.98. The number of hydrogen-bond donors (Lipinski definition) is 1. The van der Waals surface area contributed by atoms with E-state index >= 15 is 0 Å². The smallest absolute Gasteiger partial charge is 0.247 e. The van der Waals surface area contributed by atoms with Crippen LogP contribution in [0.5, 0.6) is 11.5 Å². The fourth-order valence-electron chi connectivity index (χ4n) is 3.34. The van der Waals surface area contributed by atoms with E-state index in [1.807, 2.05) is 0 Å². The third kappa shape index (κ3) is 4.55. The van der Waals surface area contributed by atoms with Gasteiger partial charge in [-0.2, -0.15) is 4.31 Å². The van der Waals surface area contributed by atoms with Crippen LogP contribution in [0.4, 0.5) is 0 Å². The minimum absolute atomic E-state index is 0.0674. The van der Waals surface area contributed by atoms with E-state index in [0.29, 0.717) is 11.3 Å². The molecule has 0 saturated carbocycles. The minimum Gasteiger partial charge on any atom is -0.497 e. The van der Waals surface area contributed by atoms with Gasteiger partial charge in [0.2, 0.25) is 10.0 Å². The summed E-state index contributed by atoms with van der Waals surface area (Å²) in [4.78, 5) is -0.131. The van der Waals surface area contributed by atoms with Gasteiger partial charge in [-0.3, -0.25) is 0 Å². The molecule has 0 radical (unpaired) electrons. The Morgan fingerprint density at radius 1 is 1.07 bits per heavy atom. The molecule has 0 aliphatic carbocycles. The van der Waals surface area contributed by atoms with Gasteiger partial charge in [0.25, 0.3) is 0 Å². The van der Waals surface area contributed by atoms with Crippen molar-refractivity contribution in [2.45, 2.75) is 23.6 Å². The maximum absolute atomic E-state index is 13.6. The summed E-state index contributed by atoms with van der Waals surface area (Å²) in [6.45, 7) is -0.0877. The van der Waals surface area contributed by atoms with E-state index in [1.54, 1.807) is 30.3 Å². The molecule has 1 saturated heterocycles. The lowest BCUT2D eigenvalue weighted by atomic mass is 10.2. The van der Waals surface area contributed by atoms with Gasteiger partial charge in [-0.15, -0.1) is 0 Å². The van der Waals surface area contributed by atoms with Crippen molar-refractivity contribution >= 4 is 19.9 Å². The molecule has 1 aliphatic heterocycles. The average Bonchev–Trinajstić information content (AvgIpc) is 2.98. The highest BCUT2D eigenvalue weighted by Gasteiger charge is 2.45. The van der Waals surface area contributed by atoms with Crippen LogP contribution >= 0.6 is 0 Å². The second-order valence-corrected chi connectivity index (χ2v) is 10.8. The van der Waals surface area contributed by atoms with Crippen LogP contribution in [0.25, 0.3) is 0 Å². The first-order chi connectivity index (χ1) is 13.7. The van der Waals surface area contributed by atoms with Gasteiger partial charge in [-0.25, -0.2) is 16.8 Å². The lowest BCUT2D eigenvalue weighted by molar-refractivity contribution is 0.125. The minimum atomic E-state index is -4.21. The van der Waals surface area contributed by atoms with E-state index in [0.717, 1.165) is 4.31 Å². The Kier molecular flexibility index (Phi) is 6.18. The average molecular weight is 442 g/mol. The van der Waals surface area contributed by atoms with Gasteiger partial charge in [0, 0.05) is 12.6 Å². The maximum Gasteiger partial charge on any atom is 0.247 e. The van der Waals surface area contributed by atoms with E-state index < -0.39 is 43.5 Å². The summed E-state index contributed by atoms with van der Waals surface area (Å²) in [5.41, 5.74) is 0.667. The highest BCUT2D eigenvalue weighted by Crippen LogP contribution is 2.34. The van der Waals surface area contributed by atoms with Crippen LogP contribution in [-0.2, 0) is 26.4 Å². The van der Waals surface area contributed by atoms with Gasteiger partial charge in [0.05, 0.1) is 37.9 Å². The number of ether oxygens (including phenoxy) is 2. The molecule has 3 rings (SSSR count). The first-order valence-electron chi connectivity index (χ1n) is 8.84. The normalized spacial score (nSPS) is 21.2. The predicted octanol–water partition coefficient (Wildman–Crippen LogP) is 1.05. The molecule has 1 N–H and O–H groups in total. The summed E-state index contributed by atoms with van der Waals surface area (Å²) in [5.74, 6) is -0.437. The Labute approximate surface area is 170 Å². The summed E-state index contributed by atoms with van der Waals surface area (Å²) in [6.07, 6.45) is -1.32. The molecule has 2 atom stereocenters. The zero-order valence-electron chi connectivity index (χ0n) is 16.1. The summed E-state index contributed by atoms with van der Waals surface area (Å²) in [5, 5.41) is 10.4. The number of benzene rings is 2. The topological polar surface area (TPSA) is 110 Å². The third-order valence-electron chi connectivity index (χ3n) is 4.80. The van der Waals surface area contributed by atoms with Gasteiger partial charge in [-0.1, -0.05) is 30.3 Å². The van der Waals surface area contributed by atoms with Crippen LogP contribution in [0.15, 0.2) is 53.4 Å². The van der Waals surface area contributed by atoms with Crippen molar-refractivity contribution in [3.05, 3.63) is 54.1 Å². The van der Waals surface area contributed by atoms with Crippen molar-refractivity contribution in [2.75, 3.05) is 25.7 Å². The van der Waals surface area contributed by atoms with Gasteiger partial charge in [-0.05, 0) is 17.7 Å². The number of methoxy groups -OCH3 is 2. The molecule has 29 heavy (non-hydrogen) atoms. The molecule has 2 aromatic rings. The molecular weight excluding hydrogens is 418 g/mol. The van der Waals surface area contributed by atoms with Gasteiger partial charge in [0.15, 0.2) is 9.84 Å². The molecule has 2 aromatic carbocycles. The molecule has 1 fully saturated rings.